The average molecular weight is 1430 g/mol. The fourth-order valence-electron chi connectivity index (χ4n) is 11.2. The van der Waals surface area contributed by atoms with Gasteiger partial charge in [0.25, 0.3) is 11.8 Å². The molecule has 6 heterocycles. The second kappa shape index (κ2) is 56.3. The van der Waals surface area contributed by atoms with Crippen LogP contribution in [0.5, 0.6) is 11.8 Å². The molecule has 4 atom stereocenters. The molecule has 22 nitrogen and oxygen atoms in total. The first-order valence-corrected chi connectivity index (χ1v) is 41.9. The smallest absolute Gasteiger partial charge is 0.407 e. The van der Waals surface area contributed by atoms with Crippen molar-refractivity contribution in [3.8, 4) is 11.8 Å². The third kappa shape index (κ3) is 50.8. The number of aromatic nitrogens is 4. The molecule has 0 unspecified atom stereocenters. The lowest BCUT2D eigenvalue weighted by Gasteiger charge is -2.30. The van der Waals surface area contributed by atoms with Crippen LogP contribution >= 0.6 is 22.7 Å². The first kappa shape index (κ1) is 85.8. The van der Waals surface area contributed by atoms with E-state index in [1.54, 1.807) is 22.7 Å². The van der Waals surface area contributed by atoms with Crippen LogP contribution in [0.25, 0.3) is 0 Å². The maximum Gasteiger partial charge on any atom is 0.407 e. The van der Waals surface area contributed by atoms with E-state index in [1.165, 1.54) is 167 Å². The number of carbonyl (C=O) groups excluding carboxylic acids is 2. The number of amides is 2. The van der Waals surface area contributed by atoms with Gasteiger partial charge in [0.1, 0.15) is 62.2 Å². The first-order chi connectivity index (χ1) is 46.5. The van der Waals surface area contributed by atoms with Crippen LogP contribution in [0.1, 0.15) is 269 Å². The Morgan fingerprint density at radius 3 is 1.11 bits per heavy atom. The van der Waals surface area contributed by atoms with Gasteiger partial charge in [-0.3, -0.25) is 0 Å². The van der Waals surface area contributed by atoms with Crippen LogP contribution in [-0.4, -0.2) is 125 Å². The van der Waals surface area contributed by atoms with Crippen LogP contribution in [0.15, 0.2) is 55.4 Å². The summed E-state index contributed by atoms with van der Waals surface area (Å²) in [5, 5.41) is 18.1. The zero-order valence-electron chi connectivity index (χ0n) is 58.8. The van der Waals surface area contributed by atoms with Crippen molar-refractivity contribution in [2.75, 3.05) is 52.0 Å². The highest BCUT2D eigenvalue weighted by molar-refractivity contribution is 7.85. The minimum absolute atomic E-state index is 0.276. The van der Waals surface area contributed by atoms with E-state index in [0.717, 1.165) is 115 Å². The number of carbonyl (C=O) groups is 2. The largest absolute Gasteiger partial charge is 0.748 e. The van der Waals surface area contributed by atoms with E-state index in [-0.39, 0.29) is 49.8 Å². The summed E-state index contributed by atoms with van der Waals surface area (Å²) in [5.41, 5.74) is 4.24. The molecule has 26 heteroatoms. The van der Waals surface area contributed by atoms with Crippen molar-refractivity contribution in [3.63, 3.8) is 0 Å². The lowest BCUT2D eigenvalue weighted by atomic mass is 10.0. The highest BCUT2D eigenvalue weighted by Crippen LogP contribution is 2.23. The summed E-state index contributed by atoms with van der Waals surface area (Å²) in [6.45, 7) is 9.71. The molecule has 2 N–H and O–H groups in total. The number of hydrogen-bond donors (Lipinski definition) is 2. The summed E-state index contributed by atoms with van der Waals surface area (Å²) in [6, 6.07) is 3.70. The Kier molecular flexibility index (Phi) is 50.3. The van der Waals surface area contributed by atoms with E-state index >= 15 is 0 Å². The van der Waals surface area contributed by atoms with Crippen molar-refractivity contribution < 1.29 is 82.1 Å². The third-order valence-electron chi connectivity index (χ3n) is 16.5. The molecule has 6 rings (SSSR count). The van der Waals surface area contributed by atoms with Crippen molar-refractivity contribution in [1.29, 1.82) is 0 Å². The van der Waals surface area contributed by atoms with Crippen LogP contribution < -0.4 is 29.2 Å². The monoisotopic (exact) mass is 1430 g/mol. The zero-order valence-corrected chi connectivity index (χ0v) is 62.1. The van der Waals surface area contributed by atoms with Crippen molar-refractivity contribution >= 4 is 55.1 Å². The number of ether oxygens (including phenoxy) is 6. The topological polar surface area (TPSA) is 288 Å². The predicted octanol–water partition coefficient (Wildman–Crippen LogP) is 15.5. The molecule has 552 valence electrons. The van der Waals surface area contributed by atoms with Crippen molar-refractivity contribution in [3.05, 3.63) is 57.8 Å². The molecule has 0 aromatic carbocycles. The molecule has 2 aliphatic rings. The molecule has 2 fully saturated rings. The highest BCUT2D eigenvalue weighted by atomic mass is 32.2. The van der Waals surface area contributed by atoms with Gasteiger partial charge >= 0.3 is 12.2 Å². The molecule has 2 amide bonds. The maximum absolute atomic E-state index is 12.4. The number of thiazole rings is 2. The number of hydrogen-bond acceptors (Lipinski definition) is 20. The van der Waals surface area contributed by atoms with E-state index in [4.69, 9.17) is 63.4 Å². The van der Waals surface area contributed by atoms with Gasteiger partial charge < -0.3 is 57.2 Å². The summed E-state index contributed by atoms with van der Waals surface area (Å²) in [7, 11) is -7.83. The second-order valence-corrected chi connectivity index (χ2v) is 29.8. The number of rotatable bonds is 50. The normalized spacial score (nSPS) is 16.2. The standard InChI is InChI=1S/2C34H57N3O5S.2CH4O3S/c2*1-2-3-4-5-6-7-8-9-10-11-12-13-14-15-17-22-35-34(38)41-31-21-19-25-39-32(31)28-40-33-27-30(42-36-33)20-16-18-23-37-24-26-43-29-37;2*1-5(2,3)4/h2*24,26-27,29,31-32H,2-23,25,28H2,1H3;2*1H3,(H,2,3,4)/t2*31-,32+;;/m11../s1. The number of aryl methyl sites for hydroxylation is 4. The summed E-state index contributed by atoms with van der Waals surface area (Å²) in [6.07, 6.45) is 52.5. The number of unbranched alkanes of at least 4 members (excludes halogenated alkanes) is 30. The molecule has 0 saturated carbocycles. The van der Waals surface area contributed by atoms with Gasteiger partial charge in [0, 0.05) is 76.6 Å². The van der Waals surface area contributed by atoms with Crippen molar-refractivity contribution in [2.24, 2.45) is 0 Å². The average Bonchev–Trinajstić information content (AvgIpc) is 1.45. The van der Waals surface area contributed by atoms with E-state index in [9.17, 15) is 9.59 Å². The summed E-state index contributed by atoms with van der Waals surface area (Å²) in [5.74, 6) is 2.54. The van der Waals surface area contributed by atoms with Gasteiger partial charge in [-0.2, -0.15) is 9.13 Å². The van der Waals surface area contributed by atoms with Crippen LogP contribution in [0.2, 0.25) is 0 Å². The van der Waals surface area contributed by atoms with Gasteiger partial charge in [0.15, 0.2) is 12.4 Å². The summed E-state index contributed by atoms with van der Waals surface area (Å²) >= 11 is 3.41. The Hall–Kier alpha value is -4.44. The predicted molar refractivity (Wildman–Crippen MR) is 374 cm³/mol. The molecule has 0 spiro atoms. The molecule has 0 radical (unpaired) electrons. The summed E-state index contributed by atoms with van der Waals surface area (Å²) in [4.78, 5) is 24.8. The van der Waals surface area contributed by atoms with Crippen molar-refractivity contribution in [2.45, 2.75) is 308 Å². The Morgan fingerprint density at radius 1 is 0.500 bits per heavy atom. The van der Waals surface area contributed by atoms with Gasteiger partial charge in [-0.25, -0.2) is 26.4 Å². The van der Waals surface area contributed by atoms with E-state index in [1.807, 2.05) is 12.1 Å². The molecular formula is C70H122N6O16S4. The molecule has 96 heavy (non-hydrogen) atoms. The molecule has 4 aromatic heterocycles. The Bertz CT molecular complexity index is 2490. The van der Waals surface area contributed by atoms with E-state index in [2.05, 4.69) is 78.1 Å². The summed E-state index contributed by atoms with van der Waals surface area (Å²) < 4.78 is 105. The lowest BCUT2D eigenvalue weighted by Crippen LogP contribution is -2.43. The molecule has 2 aliphatic heterocycles. The number of alkyl carbamates (subject to hydrolysis) is 2. The number of nitrogens with zero attached hydrogens (tertiary/aromatic N) is 4. The first-order valence-electron chi connectivity index (χ1n) is 36.4. The van der Waals surface area contributed by atoms with Crippen LogP contribution in [0, 0.1) is 0 Å². The molecule has 0 bridgehead atoms. The lowest BCUT2D eigenvalue weighted by molar-refractivity contribution is -0.692. The Labute approximate surface area is 584 Å². The van der Waals surface area contributed by atoms with Gasteiger partial charge in [-0.1, -0.05) is 216 Å². The van der Waals surface area contributed by atoms with Gasteiger partial charge in [-0.15, -0.1) is 0 Å². The van der Waals surface area contributed by atoms with Gasteiger partial charge in [-0.05, 0) is 61.7 Å². The van der Waals surface area contributed by atoms with Crippen molar-refractivity contribution in [1.82, 2.24) is 20.9 Å². The van der Waals surface area contributed by atoms with Gasteiger partial charge in [0.2, 0.25) is 11.0 Å². The van der Waals surface area contributed by atoms with E-state index < -0.39 is 20.2 Å². The number of nitrogens with one attached hydrogen (secondary N) is 2. The van der Waals surface area contributed by atoms with Gasteiger partial charge in [0.05, 0.1) is 31.0 Å². The zero-order chi connectivity index (χ0) is 69.4. The quantitative estimate of drug-likeness (QED) is 0.0236. The minimum Gasteiger partial charge on any atom is -0.748 e. The maximum atomic E-state index is 12.4. The fourth-order valence-corrected chi connectivity index (χ4v) is 12.5. The van der Waals surface area contributed by atoms with E-state index in [0.29, 0.717) is 50.6 Å². The Balaban J connectivity index is 0.000000438. The fraction of sp³-hybridized carbons (Fsp3) is 0.800. The molecule has 2 saturated heterocycles. The SMILES string of the molecule is CCCCCCCCCCCCCCCCCNC(=O)O[C@@H]1CCCO[C@H]1COc1cc(CCCC[n+]2ccsc2)on1.CCCCCCCCCCCCCCCCCNC(=O)O[C@@H]1CCCO[C@H]1COc1cc(CCCC[n+]2ccsc2)on1.CS(=O)(=O)[O-].CS(=O)(=O)[O-]. The van der Waals surface area contributed by atoms with Crippen LogP contribution in [0.4, 0.5) is 9.59 Å². The molecular weight excluding hydrogens is 1310 g/mol. The molecule has 4 aromatic rings. The highest BCUT2D eigenvalue weighted by Gasteiger charge is 2.32. The second-order valence-electron chi connectivity index (χ2n) is 25.5. The third-order valence-corrected chi connectivity index (χ3v) is 17.8. The molecule has 0 aliphatic carbocycles. The van der Waals surface area contributed by atoms with Crippen LogP contribution in [0.3, 0.4) is 0 Å². The minimum atomic E-state index is -3.92. The Morgan fingerprint density at radius 2 is 0.812 bits per heavy atom. The van der Waals surface area contributed by atoms with Crippen LogP contribution in [-0.2, 0) is 65.1 Å².